The maximum atomic E-state index is 6.17. The highest BCUT2D eigenvalue weighted by molar-refractivity contribution is 9.10. The van der Waals surface area contributed by atoms with Crippen LogP contribution >= 0.6 is 43.5 Å². The first-order chi connectivity index (χ1) is 10.1. The Kier molecular flexibility index (Phi) is 5.87. The van der Waals surface area contributed by atoms with E-state index in [0.29, 0.717) is 0 Å². The molecule has 4 heteroatoms. The number of rotatable bonds is 0. The summed E-state index contributed by atoms with van der Waals surface area (Å²) in [4.78, 5) is 4.62. The van der Waals surface area contributed by atoms with Gasteiger partial charge in [0, 0.05) is 26.1 Å². The second-order valence-electron chi connectivity index (χ2n) is 4.88. The molecule has 1 aromatic heterocycles. The molecule has 3 rings (SSSR count). The highest BCUT2D eigenvalue weighted by Crippen LogP contribution is 2.39. The van der Waals surface area contributed by atoms with Crippen molar-refractivity contribution in [3.63, 3.8) is 0 Å². The van der Waals surface area contributed by atoms with E-state index < -0.39 is 0 Å². The van der Waals surface area contributed by atoms with Crippen molar-refractivity contribution in [2.75, 3.05) is 0 Å². The third-order valence-electron chi connectivity index (χ3n) is 3.65. The smallest absolute Gasteiger partial charge is 0.0508 e. The van der Waals surface area contributed by atoms with E-state index in [1.165, 1.54) is 22.4 Å². The lowest BCUT2D eigenvalue weighted by Crippen LogP contribution is -2.03. The molecule has 0 N–H and O–H groups in total. The van der Waals surface area contributed by atoms with Gasteiger partial charge in [-0.2, -0.15) is 0 Å². The van der Waals surface area contributed by atoms with Gasteiger partial charge in [0.15, 0.2) is 0 Å². The summed E-state index contributed by atoms with van der Waals surface area (Å²) in [5.41, 5.74) is 5.13. The number of aromatic nitrogens is 1. The largest absolute Gasteiger partial charge is 0.259 e. The zero-order chi connectivity index (χ0) is 15.6. The minimum Gasteiger partial charge on any atom is -0.259 e. The van der Waals surface area contributed by atoms with Crippen LogP contribution in [0.3, 0.4) is 0 Å². The van der Waals surface area contributed by atoms with Crippen LogP contribution in [0.25, 0.3) is 0 Å². The van der Waals surface area contributed by atoms with Crippen LogP contribution in [-0.4, -0.2) is 4.98 Å². The van der Waals surface area contributed by atoms with E-state index in [9.17, 15) is 0 Å². The maximum Gasteiger partial charge on any atom is 0.0508 e. The summed E-state index contributed by atoms with van der Waals surface area (Å²) in [6.45, 7) is 6.21. The molecule has 1 heterocycles. The van der Waals surface area contributed by atoms with Crippen molar-refractivity contribution in [1.82, 2.24) is 4.98 Å². The highest BCUT2D eigenvalue weighted by Gasteiger charge is 2.24. The molecule has 0 radical (unpaired) electrons. The van der Waals surface area contributed by atoms with Gasteiger partial charge in [-0.1, -0.05) is 48.3 Å². The number of halogens is 3. The van der Waals surface area contributed by atoms with E-state index in [0.717, 1.165) is 26.8 Å². The predicted molar refractivity (Wildman–Crippen MR) is 97.4 cm³/mol. The zero-order valence-corrected chi connectivity index (χ0v) is 16.3. The molecular formula is C17H18Br2ClN. The van der Waals surface area contributed by atoms with E-state index in [-0.39, 0.29) is 5.92 Å². The minimum absolute atomic E-state index is 0.284. The second-order valence-corrected chi connectivity index (χ2v) is 7.09. The van der Waals surface area contributed by atoms with Crippen molar-refractivity contribution in [3.8, 4) is 0 Å². The summed E-state index contributed by atoms with van der Waals surface area (Å²) in [6, 6.07) is 6.24. The molecule has 0 saturated heterocycles. The van der Waals surface area contributed by atoms with E-state index in [4.69, 9.17) is 11.6 Å². The van der Waals surface area contributed by atoms with Gasteiger partial charge in [0.1, 0.15) is 0 Å². The van der Waals surface area contributed by atoms with Crippen LogP contribution < -0.4 is 0 Å². The van der Waals surface area contributed by atoms with Crippen LogP contribution in [-0.2, 0) is 12.8 Å². The van der Waals surface area contributed by atoms with Gasteiger partial charge < -0.3 is 0 Å². The Hall–Kier alpha value is -0.380. The van der Waals surface area contributed by atoms with Crippen LogP contribution in [0.2, 0.25) is 5.02 Å². The molecular weight excluding hydrogens is 413 g/mol. The summed E-state index contributed by atoms with van der Waals surface area (Å²) < 4.78 is 2.13. The van der Waals surface area contributed by atoms with E-state index >= 15 is 0 Å². The third-order valence-corrected chi connectivity index (χ3v) is 4.96. The molecule has 0 bridgehead atoms. The molecule has 21 heavy (non-hydrogen) atoms. The Morgan fingerprint density at radius 1 is 1.10 bits per heavy atom. The van der Waals surface area contributed by atoms with E-state index in [1.807, 2.05) is 26.1 Å². The Labute approximate surface area is 148 Å². The summed E-state index contributed by atoms with van der Waals surface area (Å²) >= 11 is 13.3. The first-order valence-corrected chi connectivity index (χ1v) is 9.15. The van der Waals surface area contributed by atoms with Gasteiger partial charge in [0.2, 0.25) is 0 Å². The average Bonchev–Trinajstić information content (AvgIpc) is 2.58. The summed E-state index contributed by atoms with van der Waals surface area (Å²) in [7, 11) is 0. The Bertz CT molecular complexity index is 655. The third kappa shape index (κ3) is 3.52. The number of benzene rings is 1. The molecule has 0 aliphatic heterocycles. The molecule has 1 unspecified atom stereocenters. The first-order valence-electron chi connectivity index (χ1n) is 7.18. The predicted octanol–water partition coefficient (Wildman–Crippen LogP) is 6.54. The number of aryl methyl sites for hydroxylation is 2. The molecule has 0 amide bonds. The number of fused-ring (bicyclic) bond motifs is 2. The molecule has 1 nitrogen and oxygen atoms in total. The topological polar surface area (TPSA) is 12.9 Å². The molecule has 112 valence electrons. The molecule has 0 spiro atoms. The van der Waals surface area contributed by atoms with Crippen molar-refractivity contribution in [2.45, 2.75) is 39.5 Å². The van der Waals surface area contributed by atoms with E-state index in [1.54, 1.807) is 0 Å². The van der Waals surface area contributed by atoms with Crippen LogP contribution in [0, 0.1) is 0 Å². The lowest BCUT2D eigenvalue weighted by Gasteiger charge is -2.16. The molecule has 1 aliphatic carbocycles. The monoisotopic (exact) mass is 429 g/mol. The van der Waals surface area contributed by atoms with Crippen LogP contribution in [0.1, 0.15) is 49.1 Å². The molecule has 1 aliphatic rings. The van der Waals surface area contributed by atoms with Crippen molar-refractivity contribution < 1.29 is 0 Å². The minimum atomic E-state index is 0.284. The Morgan fingerprint density at radius 2 is 1.76 bits per heavy atom. The zero-order valence-electron chi connectivity index (χ0n) is 12.4. The van der Waals surface area contributed by atoms with Crippen molar-refractivity contribution in [3.05, 3.63) is 60.7 Å². The number of hydrogen-bond acceptors (Lipinski definition) is 1. The SMILES string of the molecule is CC.CC1c2ncc(Br)cc2CCc2cc(Cl)cc(Br)c21. The molecule has 2 aromatic rings. The van der Waals surface area contributed by atoms with Crippen molar-refractivity contribution in [1.29, 1.82) is 0 Å². The van der Waals surface area contributed by atoms with Gasteiger partial charge in [0.05, 0.1) is 5.69 Å². The number of nitrogens with zero attached hydrogens (tertiary/aromatic N) is 1. The normalized spacial score (nSPS) is 16.2. The molecule has 1 aromatic carbocycles. The summed E-state index contributed by atoms with van der Waals surface area (Å²) in [5.74, 6) is 0.284. The van der Waals surface area contributed by atoms with Gasteiger partial charge in [0.25, 0.3) is 0 Å². The van der Waals surface area contributed by atoms with Gasteiger partial charge in [-0.05, 0) is 63.7 Å². The van der Waals surface area contributed by atoms with Crippen molar-refractivity contribution >= 4 is 43.5 Å². The fourth-order valence-electron chi connectivity index (χ4n) is 2.82. The molecule has 0 saturated carbocycles. The fourth-order valence-corrected chi connectivity index (χ4v) is 4.41. The Balaban J connectivity index is 0.000000774. The quantitative estimate of drug-likeness (QED) is 0.462. The Morgan fingerprint density at radius 3 is 2.48 bits per heavy atom. The first kappa shape index (κ1) is 17.0. The van der Waals surface area contributed by atoms with Gasteiger partial charge in [-0.3, -0.25) is 4.98 Å². The van der Waals surface area contributed by atoms with Crippen LogP contribution in [0.15, 0.2) is 33.3 Å². The van der Waals surface area contributed by atoms with Gasteiger partial charge in [-0.25, -0.2) is 0 Å². The molecule has 0 fully saturated rings. The standard InChI is InChI=1S/C15H12Br2ClN.C2H6/c1-8-14-9(5-12(18)6-13(14)17)2-3-10-4-11(16)7-19-15(8)10;1-2/h4-8H,2-3H2,1H3;1-2H3. The number of hydrogen-bond donors (Lipinski definition) is 0. The molecule has 1 atom stereocenters. The second kappa shape index (κ2) is 7.26. The van der Waals surface area contributed by atoms with E-state index in [2.05, 4.69) is 55.9 Å². The lowest BCUT2D eigenvalue weighted by atomic mass is 9.93. The maximum absolute atomic E-state index is 6.17. The lowest BCUT2D eigenvalue weighted by molar-refractivity contribution is 0.854. The summed E-state index contributed by atoms with van der Waals surface area (Å²) in [5, 5.41) is 0.790. The van der Waals surface area contributed by atoms with Gasteiger partial charge >= 0.3 is 0 Å². The van der Waals surface area contributed by atoms with Crippen LogP contribution in [0.5, 0.6) is 0 Å². The average molecular weight is 432 g/mol. The van der Waals surface area contributed by atoms with Crippen LogP contribution in [0.4, 0.5) is 0 Å². The highest BCUT2D eigenvalue weighted by atomic mass is 79.9. The van der Waals surface area contributed by atoms with Gasteiger partial charge in [-0.15, -0.1) is 0 Å². The fraction of sp³-hybridized carbons (Fsp3) is 0.353. The van der Waals surface area contributed by atoms with Crippen molar-refractivity contribution in [2.24, 2.45) is 0 Å². The number of pyridine rings is 1. The summed E-state index contributed by atoms with van der Waals surface area (Å²) in [6.07, 6.45) is 3.89.